The first-order chi connectivity index (χ1) is 9.69. The fraction of sp³-hybridized carbons (Fsp3) is 0.286. The molecule has 0 aliphatic heterocycles. The Morgan fingerprint density at radius 3 is 2.85 bits per heavy atom. The molecule has 4 nitrogen and oxygen atoms in total. The van der Waals surface area contributed by atoms with Gasteiger partial charge in [0.1, 0.15) is 0 Å². The predicted molar refractivity (Wildman–Crippen MR) is 80.3 cm³/mol. The van der Waals surface area contributed by atoms with E-state index in [0.717, 1.165) is 23.0 Å². The number of carbonyl (C=O) groups is 1. The zero-order chi connectivity index (χ0) is 14.4. The number of rotatable bonds is 6. The van der Waals surface area contributed by atoms with E-state index in [1.807, 2.05) is 18.2 Å². The van der Waals surface area contributed by atoms with Crippen LogP contribution in [-0.2, 0) is 17.7 Å². The quantitative estimate of drug-likeness (QED) is 0.658. The number of hydrogen-bond donors (Lipinski definition) is 1. The summed E-state index contributed by atoms with van der Waals surface area (Å²) < 4.78 is 5.44. The summed E-state index contributed by atoms with van der Waals surface area (Å²) in [7, 11) is 1.36. The molecule has 0 spiro atoms. The van der Waals surface area contributed by atoms with Crippen molar-refractivity contribution in [1.29, 1.82) is 0 Å². The minimum absolute atomic E-state index is 0.369. The Labute approximate surface area is 126 Å². The minimum atomic E-state index is -0.369. The van der Waals surface area contributed by atoms with Crippen LogP contribution in [0.15, 0.2) is 30.5 Å². The van der Waals surface area contributed by atoms with E-state index in [9.17, 15) is 4.79 Å². The van der Waals surface area contributed by atoms with E-state index in [4.69, 9.17) is 11.6 Å². The number of ether oxygens (including phenoxy) is 1. The predicted octanol–water partition coefficient (Wildman–Crippen LogP) is 2.92. The SMILES string of the molecule is COC(=O)c1ccc(CNCCc2ccc(Cl)s2)nc1. The van der Waals surface area contributed by atoms with Crippen LogP contribution in [0.1, 0.15) is 20.9 Å². The maximum absolute atomic E-state index is 11.3. The van der Waals surface area contributed by atoms with Crippen LogP contribution in [0, 0.1) is 0 Å². The molecule has 0 saturated heterocycles. The van der Waals surface area contributed by atoms with E-state index in [1.54, 1.807) is 17.4 Å². The van der Waals surface area contributed by atoms with Crippen LogP contribution < -0.4 is 5.32 Å². The number of hydrogen-bond acceptors (Lipinski definition) is 5. The van der Waals surface area contributed by atoms with E-state index in [-0.39, 0.29) is 5.97 Å². The summed E-state index contributed by atoms with van der Waals surface area (Å²) in [5.74, 6) is -0.369. The number of thiophene rings is 1. The second-order valence-electron chi connectivity index (χ2n) is 4.16. The molecular weight excluding hydrogens is 296 g/mol. The molecule has 0 unspecified atom stereocenters. The fourth-order valence-electron chi connectivity index (χ4n) is 1.68. The number of nitrogens with one attached hydrogen (secondary N) is 1. The Balaban J connectivity index is 1.75. The highest BCUT2D eigenvalue weighted by molar-refractivity contribution is 7.16. The van der Waals surface area contributed by atoms with Gasteiger partial charge in [0, 0.05) is 24.2 Å². The minimum Gasteiger partial charge on any atom is -0.465 e. The van der Waals surface area contributed by atoms with E-state index in [1.165, 1.54) is 18.2 Å². The molecule has 0 amide bonds. The molecule has 6 heteroatoms. The molecule has 2 aromatic heterocycles. The van der Waals surface area contributed by atoms with Crippen molar-refractivity contribution in [3.05, 3.63) is 50.9 Å². The third-order valence-electron chi connectivity index (χ3n) is 2.73. The van der Waals surface area contributed by atoms with Crippen LogP contribution in [0.2, 0.25) is 4.34 Å². The lowest BCUT2D eigenvalue weighted by molar-refractivity contribution is 0.0600. The van der Waals surface area contributed by atoms with Gasteiger partial charge in [0.2, 0.25) is 0 Å². The molecule has 0 fully saturated rings. The monoisotopic (exact) mass is 310 g/mol. The van der Waals surface area contributed by atoms with E-state index >= 15 is 0 Å². The van der Waals surface area contributed by atoms with Crippen molar-refractivity contribution in [3.8, 4) is 0 Å². The Morgan fingerprint density at radius 1 is 1.40 bits per heavy atom. The number of carbonyl (C=O) groups excluding carboxylic acids is 1. The van der Waals surface area contributed by atoms with Gasteiger partial charge in [-0.2, -0.15) is 0 Å². The maximum Gasteiger partial charge on any atom is 0.339 e. The van der Waals surface area contributed by atoms with E-state index in [2.05, 4.69) is 15.0 Å². The molecule has 0 radical (unpaired) electrons. The van der Waals surface area contributed by atoms with Crippen molar-refractivity contribution in [2.45, 2.75) is 13.0 Å². The zero-order valence-corrected chi connectivity index (χ0v) is 12.6. The molecule has 106 valence electrons. The Bertz CT molecular complexity index is 569. The van der Waals surface area contributed by atoms with Crippen molar-refractivity contribution in [2.75, 3.05) is 13.7 Å². The highest BCUT2D eigenvalue weighted by Gasteiger charge is 2.05. The lowest BCUT2D eigenvalue weighted by atomic mass is 10.2. The highest BCUT2D eigenvalue weighted by atomic mass is 35.5. The van der Waals surface area contributed by atoms with Crippen molar-refractivity contribution >= 4 is 28.9 Å². The molecule has 0 bridgehead atoms. The summed E-state index contributed by atoms with van der Waals surface area (Å²) >= 11 is 7.47. The molecule has 0 saturated carbocycles. The summed E-state index contributed by atoms with van der Waals surface area (Å²) in [5, 5.41) is 3.31. The lowest BCUT2D eigenvalue weighted by Gasteiger charge is -2.04. The van der Waals surface area contributed by atoms with Gasteiger partial charge in [-0.05, 0) is 30.7 Å². The molecule has 2 aromatic rings. The van der Waals surface area contributed by atoms with Gasteiger partial charge in [0.25, 0.3) is 0 Å². The summed E-state index contributed by atoms with van der Waals surface area (Å²) in [5.41, 5.74) is 1.35. The summed E-state index contributed by atoms with van der Waals surface area (Å²) in [6, 6.07) is 7.49. The van der Waals surface area contributed by atoms with Gasteiger partial charge in [-0.1, -0.05) is 11.6 Å². The van der Waals surface area contributed by atoms with E-state index < -0.39 is 0 Å². The van der Waals surface area contributed by atoms with Gasteiger partial charge in [-0.3, -0.25) is 4.98 Å². The van der Waals surface area contributed by atoms with Crippen LogP contribution in [0.5, 0.6) is 0 Å². The Kier molecular flexibility index (Phi) is 5.52. The molecule has 2 heterocycles. The zero-order valence-electron chi connectivity index (χ0n) is 11.1. The second kappa shape index (κ2) is 7.38. The molecule has 0 atom stereocenters. The molecule has 20 heavy (non-hydrogen) atoms. The van der Waals surface area contributed by atoms with Crippen molar-refractivity contribution < 1.29 is 9.53 Å². The average Bonchev–Trinajstić information content (AvgIpc) is 2.89. The number of halogens is 1. The summed E-state index contributed by atoms with van der Waals surface area (Å²) in [4.78, 5) is 16.7. The van der Waals surface area contributed by atoms with Crippen molar-refractivity contribution in [3.63, 3.8) is 0 Å². The number of pyridine rings is 1. The van der Waals surface area contributed by atoms with Crippen LogP contribution in [-0.4, -0.2) is 24.6 Å². The van der Waals surface area contributed by atoms with Crippen LogP contribution >= 0.6 is 22.9 Å². The smallest absolute Gasteiger partial charge is 0.339 e. The molecule has 0 aliphatic carbocycles. The molecule has 0 aromatic carbocycles. The maximum atomic E-state index is 11.3. The fourth-order valence-corrected chi connectivity index (χ4v) is 2.77. The molecule has 0 aliphatic rings. The molecule has 1 N–H and O–H groups in total. The van der Waals surface area contributed by atoms with E-state index in [0.29, 0.717) is 12.1 Å². The van der Waals surface area contributed by atoms with Gasteiger partial charge in [-0.15, -0.1) is 11.3 Å². The van der Waals surface area contributed by atoms with Gasteiger partial charge < -0.3 is 10.1 Å². The average molecular weight is 311 g/mol. The standard InChI is InChI=1S/C14H15ClN2O2S/c1-19-14(18)10-2-3-11(17-8-10)9-16-7-6-12-4-5-13(15)20-12/h2-5,8,16H,6-7,9H2,1H3. The normalized spacial score (nSPS) is 10.5. The second-order valence-corrected chi connectivity index (χ2v) is 5.96. The third kappa shape index (κ3) is 4.30. The summed E-state index contributed by atoms with van der Waals surface area (Å²) in [6.07, 6.45) is 2.47. The molecular formula is C14H15ClN2O2S. The number of aromatic nitrogens is 1. The first-order valence-corrected chi connectivity index (χ1v) is 7.36. The van der Waals surface area contributed by atoms with Gasteiger partial charge in [0.15, 0.2) is 0 Å². The first-order valence-electron chi connectivity index (χ1n) is 6.17. The van der Waals surface area contributed by atoms with Crippen molar-refractivity contribution in [2.24, 2.45) is 0 Å². The number of esters is 1. The summed E-state index contributed by atoms with van der Waals surface area (Å²) in [6.45, 7) is 1.53. The third-order valence-corrected chi connectivity index (χ3v) is 4.02. The van der Waals surface area contributed by atoms with Crippen LogP contribution in [0.25, 0.3) is 0 Å². The number of methoxy groups -OCH3 is 1. The molecule has 2 rings (SSSR count). The van der Waals surface area contributed by atoms with Gasteiger partial charge in [0.05, 0.1) is 22.7 Å². The lowest BCUT2D eigenvalue weighted by Crippen LogP contribution is -2.17. The van der Waals surface area contributed by atoms with Crippen LogP contribution in [0.4, 0.5) is 0 Å². The topological polar surface area (TPSA) is 51.2 Å². The van der Waals surface area contributed by atoms with Gasteiger partial charge >= 0.3 is 5.97 Å². The Morgan fingerprint density at radius 2 is 2.25 bits per heavy atom. The largest absolute Gasteiger partial charge is 0.465 e. The van der Waals surface area contributed by atoms with Crippen molar-refractivity contribution in [1.82, 2.24) is 10.3 Å². The Hall–Kier alpha value is -1.43. The number of nitrogens with zero attached hydrogens (tertiary/aromatic N) is 1. The van der Waals surface area contributed by atoms with Crippen LogP contribution in [0.3, 0.4) is 0 Å². The first kappa shape index (κ1) is 15.0. The van der Waals surface area contributed by atoms with Gasteiger partial charge in [-0.25, -0.2) is 4.79 Å². The highest BCUT2D eigenvalue weighted by Crippen LogP contribution is 2.21.